The van der Waals surface area contributed by atoms with Crippen LogP contribution in [0.4, 0.5) is 15.8 Å². The van der Waals surface area contributed by atoms with Crippen molar-refractivity contribution in [2.24, 2.45) is 10.2 Å². The van der Waals surface area contributed by atoms with Gasteiger partial charge in [0, 0.05) is 10.6 Å². The fourth-order valence-electron chi connectivity index (χ4n) is 3.53. The Morgan fingerprint density at radius 3 is 2.49 bits per heavy atom. The van der Waals surface area contributed by atoms with E-state index >= 15 is 0 Å². The van der Waals surface area contributed by atoms with Crippen LogP contribution >= 0.6 is 23.4 Å². The first kappa shape index (κ1) is 22.8. The van der Waals surface area contributed by atoms with Crippen molar-refractivity contribution >= 4 is 63.5 Å². The average molecular weight is 507 g/mol. The van der Waals surface area contributed by atoms with Gasteiger partial charge in [0.15, 0.2) is 5.71 Å². The van der Waals surface area contributed by atoms with E-state index in [1.54, 1.807) is 67.8 Å². The topological polar surface area (TPSA) is 83.4 Å². The van der Waals surface area contributed by atoms with Crippen LogP contribution in [0, 0.1) is 5.82 Å². The third-order valence-electron chi connectivity index (χ3n) is 5.24. The lowest BCUT2D eigenvalue weighted by Crippen LogP contribution is -2.28. The summed E-state index contributed by atoms with van der Waals surface area (Å²) >= 11 is 7.19. The molecule has 3 aromatic carbocycles. The number of ether oxygens (including phenoxy) is 1. The Bertz CT molecular complexity index is 1440. The van der Waals surface area contributed by atoms with Crippen LogP contribution in [0.25, 0.3) is 6.08 Å². The molecule has 0 atom stereocenters. The summed E-state index contributed by atoms with van der Waals surface area (Å²) < 4.78 is 18.5. The highest BCUT2D eigenvalue weighted by Gasteiger charge is 2.35. The van der Waals surface area contributed by atoms with Crippen molar-refractivity contribution in [3.05, 3.63) is 93.6 Å². The second kappa shape index (κ2) is 9.36. The summed E-state index contributed by atoms with van der Waals surface area (Å²) in [7, 11) is 1.55. The van der Waals surface area contributed by atoms with Crippen molar-refractivity contribution in [1.29, 1.82) is 0 Å². The highest BCUT2D eigenvalue weighted by Crippen LogP contribution is 2.37. The number of nitrogens with one attached hydrogen (secondary N) is 1. The number of carbonyl (C=O) groups excluding carboxylic acids is 2. The zero-order valence-corrected chi connectivity index (χ0v) is 19.7. The maximum atomic E-state index is 13.4. The van der Waals surface area contributed by atoms with E-state index in [1.807, 2.05) is 0 Å². The van der Waals surface area contributed by atoms with Gasteiger partial charge in [0.25, 0.3) is 11.8 Å². The molecule has 2 aliphatic heterocycles. The zero-order valence-electron chi connectivity index (χ0n) is 18.2. The van der Waals surface area contributed by atoms with Gasteiger partial charge in [-0.25, -0.2) is 4.39 Å². The first-order chi connectivity index (χ1) is 16.9. The highest BCUT2D eigenvalue weighted by atomic mass is 35.5. The number of thioether (sulfide) groups is 1. The predicted molar refractivity (Wildman–Crippen MR) is 137 cm³/mol. The number of amides is 2. The molecular formula is C25H16ClFN4O3S. The van der Waals surface area contributed by atoms with Crippen molar-refractivity contribution < 1.29 is 18.7 Å². The van der Waals surface area contributed by atoms with Gasteiger partial charge in [-0.2, -0.15) is 0 Å². The molecule has 1 N–H and O–H groups in total. The summed E-state index contributed by atoms with van der Waals surface area (Å²) in [6.07, 6.45) is 1.65. The smallest absolute Gasteiger partial charge is 0.276 e. The van der Waals surface area contributed by atoms with Crippen molar-refractivity contribution in [3.63, 3.8) is 0 Å². The number of carbonyl (C=O) groups is 2. The summed E-state index contributed by atoms with van der Waals surface area (Å²) in [5.74, 6) is -0.488. The maximum absolute atomic E-state index is 13.4. The quantitative estimate of drug-likeness (QED) is 0.383. The van der Waals surface area contributed by atoms with Crippen LogP contribution < -0.4 is 15.0 Å². The number of benzene rings is 3. The summed E-state index contributed by atoms with van der Waals surface area (Å²) in [5.41, 5.74) is 2.40. The van der Waals surface area contributed by atoms with E-state index in [0.29, 0.717) is 38.2 Å². The molecule has 2 amide bonds. The molecule has 0 saturated carbocycles. The lowest BCUT2D eigenvalue weighted by molar-refractivity contribution is -0.113. The average Bonchev–Trinajstić information content (AvgIpc) is 3.34. The Morgan fingerprint density at radius 2 is 1.77 bits per heavy atom. The molecule has 2 aliphatic rings. The van der Waals surface area contributed by atoms with Gasteiger partial charge in [0.1, 0.15) is 11.6 Å². The summed E-state index contributed by atoms with van der Waals surface area (Å²) in [4.78, 5) is 27.6. The third kappa shape index (κ3) is 4.55. The molecule has 0 unspecified atom stereocenters. The monoisotopic (exact) mass is 506 g/mol. The van der Waals surface area contributed by atoms with Crippen molar-refractivity contribution in [2.45, 2.75) is 0 Å². The van der Waals surface area contributed by atoms with Gasteiger partial charge in [0.2, 0.25) is 5.17 Å². The van der Waals surface area contributed by atoms with Crippen molar-refractivity contribution in [2.75, 3.05) is 17.3 Å². The van der Waals surface area contributed by atoms with Crippen LogP contribution in [0.3, 0.4) is 0 Å². The van der Waals surface area contributed by atoms with Gasteiger partial charge in [-0.1, -0.05) is 23.7 Å². The van der Waals surface area contributed by atoms with Crippen LogP contribution in [0.15, 0.2) is 81.8 Å². The normalized spacial score (nSPS) is 18.5. The fraction of sp³-hybridized carbons (Fsp3) is 0.0400. The summed E-state index contributed by atoms with van der Waals surface area (Å²) in [6.45, 7) is 0. The number of halogens is 2. The Labute approximate surface area is 208 Å². The highest BCUT2D eigenvalue weighted by molar-refractivity contribution is 8.19. The number of methoxy groups -OCH3 is 1. The SMILES string of the molecule is COc1ccc(N2C(=O)C(=Cc3ccc(F)cc3)SC2=NN=C2C(=O)Nc3ccc(Cl)cc32)cc1. The number of amidine groups is 1. The van der Waals surface area contributed by atoms with Crippen molar-refractivity contribution in [3.8, 4) is 5.75 Å². The molecule has 3 aromatic rings. The van der Waals surface area contributed by atoms with E-state index in [9.17, 15) is 14.0 Å². The van der Waals surface area contributed by atoms with E-state index in [2.05, 4.69) is 15.5 Å². The minimum Gasteiger partial charge on any atom is -0.497 e. The number of nitrogens with zero attached hydrogens (tertiary/aromatic N) is 3. The minimum atomic E-state index is -0.418. The first-order valence-corrected chi connectivity index (χ1v) is 11.5. The summed E-state index contributed by atoms with van der Waals surface area (Å²) in [6, 6.07) is 17.7. The minimum absolute atomic E-state index is 0.0914. The van der Waals surface area contributed by atoms with E-state index in [-0.39, 0.29) is 22.6 Å². The number of hydrogen-bond acceptors (Lipinski definition) is 6. The van der Waals surface area contributed by atoms with E-state index in [0.717, 1.165) is 11.8 Å². The van der Waals surface area contributed by atoms with Gasteiger partial charge < -0.3 is 10.1 Å². The zero-order chi connectivity index (χ0) is 24.5. The Balaban J connectivity index is 1.56. The molecular weight excluding hydrogens is 491 g/mol. The van der Waals surface area contributed by atoms with Gasteiger partial charge >= 0.3 is 0 Å². The van der Waals surface area contributed by atoms with Crippen LogP contribution in [0.5, 0.6) is 5.75 Å². The largest absolute Gasteiger partial charge is 0.497 e. The molecule has 0 radical (unpaired) electrons. The van der Waals surface area contributed by atoms with E-state index in [4.69, 9.17) is 16.3 Å². The van der Waals surface area contributed by atoms with Crippen LogP contribution in [-0.2, 0) is 9.59 Å². The maximum Gasteiger partial charge on any atom is 0.276 e. The molecule has 35 heavy (non-hydrogen) atoms. The fourth-order valence-corrected chi connectivity index (χ4v) is 4.63. The van der Waals surface area contributed by atoms with Crippen LogP contribution in [0.2, 0.25) is 5.02 Å². The number of fused-ring (bicyclic) bond motifs is 1. The molecule has 174 valence electrons. The van der Waals surface area contributed by atoms with Gasteiger partial charge in [-0.3, -0.25) is 14.5 Å². The molecule has 0 aromatic heterocycles. The van der Waals surface area contributed by atoms with Gasteiger partial charge in [-0.15, -0.1) is 10.2 Å². The second-order valence-electron chi connectivity index (χ2n) is 7.48. The number of hydrogen-bond donors (Lipinski definition) is 1. The molecule has 0 bridgehead atoms. The molecule has 0 aliphatic carbocycles. The molecule has 0 spiro atoms. The molecule has 1 fully saturated rings. The first-order valence-electron chi connectivity index (χ1n) is 10.3. The predicted octanol–water partition coefficient (Wildman–Crippen LogP) is 5.32. The molecule has 10 heteroatoms. The van der Waals surface area contributed by atoms with E-state index < -0.39 is 5.91 Å². The Morgan fingerprint density at radius 1 is 1.03 bits per heavy atom. The molecule has 1 saturated heterocycles. The number of anilines is 2. The molecule has 5 rings (SSSR count). The second-order valence-corrected chi connectivity index (χ2v) is 8.92. The van der Waals surface area contributed by atoms with Crippen LogP contribution in [0.1, 0.15) is 11.1 Å². The third-order valence-corrected chi connectivity index (χ3v) is 6.43. The Hall–Kier alpha value is -3.95. The number of rotatable bonds is 4. The lowest BCUT2D eigenvalue weighted by atomic mass is 10.1. The van der Waals surface area contributed by atoms with Gasteiger partial charge in [-0.05, 0) is 78.0 Å². The molecule has 7 nitrogen and oxygen atoms in total. The van der Waals surface area contributed by atoms with E-state index in [1.165, 1.54) is 17.0 Å². The van der Waals surface area contributed by atoms with Gasteiger partial charge in [0.05, 0.1) is 23.4 Å². The standard InChI is InChI=1S/C25H16ClFN4O3S/c1-34-18-9-7-17(8-10-18)31-24(33)21(12-14-2-5-16(27)6-3-14)35-25(31)30-29-22-19-13-15(26)4-11-20(19)28-23(22)32/h2-13H,1H3,(H,28,29,32). The molecule has 2 heterocycles. The summed E-state index contributed by atoms with van der Waals surface area (Å²) in [5, 5.41) is 11.9. The lowest BCUT2D eigenvalue weighted by Gasteiger charge is -2.15. The van der Waals surface area contributed by atoms with Crippen LogP contribution in [-0.4, -0.2) is 29.8 Å². The Kier molecular flexibility index (Phi) is 6.10. The van der Waals surface area contributed by atoms with Crippen molar-refractivity contribution in [1.82, 2.24) is 0 Å².